The van der Waals surface area contributed by atoms with E-state index in [1.807, 2.05) is 18.3 Å². The molecule has 25 heavy (non-hydrogen) atoms. The van der Waals surface area contributed by atoms with Crippen molar-refractivity contribution in [3.63, 3.8) is 0 Å². The predicted octanol–water partition coefficient (Wildman–Crippen LogP) is 2.86. The molecule has 1 atom stereocenters. The lowest BCUT2D eigenvalue weighted by Gasteiger charge is -2.35. The normalized spacial score (nSPS) is 26.8. The van der Waals surface area contributed by atoms with Gasteiger partial charge >= 0.3 is 5.97 Å². The number of ether oxygens (including phenoxy) is 1. The van der Waals surface area contributed by atoms with Gasteiger partial charge in [0.25, 0.3) is 0 Å². The SMILES string of the molecule is O=C1OC(CCN2CCN(c3ccccn3)CC2)CC12CCCCC2. The van der Waals surface area contributed by atoms with Gasteiger partial charge in [0.15, 0.2) is 0 Å². The number of piperazine rings is 1. The van der Waals surface area contributed by atoms with Gasteiger partial charge in [-0.05, 0) is 31.4 Å². The van der Waals surface area contributed by atoms with E-state index >= 15 is 0 Å². The molecule has 0 bridgehead atoms. The molecule has 1 aromatic heterocycles. The molecule has 3 fully saturated rings. The summed E-state index contributed by atoms with van der Waals surface area (Å²) in [5.41, 5.74) is -0.124. The standard InChI is InChI=1S/C20H29N3O2/c24-19-20(8-3-1-4-9-20)16-17(25-19)7-11-22-12-14-23(15-13-22)18-6-2-5-10-21-18/h2,5-6,10,17H,1,3-4,7-9,11-16H2. The Labute approximate surface area is 150 Å². The van der Waals surface area contributed by atoms with Gasteiger partial charge in [-0.3, -0.25) is 9.69 Å². The number of rotatable bonds is 4. The van der Waals surface area contributed by atoms with E-state index < -0.39 is 0 Å². The van der Waals surface area contributed by atoms with E-state index in [-0.39, 0.29) is 17.5 Å². The van der Waals surface area contributed by atoms with Gasteiger partial charge in [0.2, 0.25) is 0 Å². The van der Waals surface area contributed by atoms with E-state index in [1.54, 1.807) is 0 Å². The van der Waals surface area contributed by atoms with Crippen LogP contribution in [0, 0.1) is 5.41 Å². The van der Waals surface area contributed by atoms with Gasteiger partial charge in [0.05, 0.1) is 5.41 Å². The molecule has 0 aromatic carbocycles. The van der Waals surface area contributed by atoms with E-state index in [9.17, 15) is 4.79 Å². The molecular weight excluding hydrogens is 314 g/mol. The molecule has 1 spiro atoms. The second-order valence-electron chi connectivity index (χ2n) is 7.88. The van der Waals surface area contributed by atoms with E-state index in [0.717, 1.165) is 64.2 Å². The highest BCUT2D eigenvalue weighted by Crippen LogP contribution is 2.46. The zero-order chi connectivity index (χ0) is 17.1. The van der Waals surface area contributed by atoms with Gasteiger partial charge in [-0.2, -0.15) is 0 Å². The van der Waals surface area contributed by atoms with Crippen LogP contribution in [0.4, 0.5) is 5.82 Å². The number of hydrogen-bond acceptors (Lipinski definition) is 5. The summed E-state index contributed by atoms with van der Waals surface area (Å²) in [6.45, 7) is 5.19. The van der Waals surface area contributed by atoms with Crippen molar-refractivity contribution in [2.45, 2.75) is 51.0 Å². The van der Waals surface area contributed by atoms with Gasteiger partial charge in [0, 0.05) is 45.3 Å². The molecule has 1 saturated carbocycles. The minimum Gasteiger partial charge on any atom is -0.462 e. The average Bonchev–Trinajstić information content (AvgIpc) is 2.97. The topological polar surface area (TPSA) is 45.7 Å². The number of aromatic nitrogens is 1. The van der Waals surface area contributed by atoms with Crippen molar-refractivity contribution < 1.29 is 9.53 Å². The first-order valence-corrected chi connectivity index (χ1v) is 9.85. The molecule has 2 saturated heterocycles. The summed E-state index contributed by atoms with van der Waals surface area (Å²) in [6.07, 6.45) is 9.69. The van der Waals surface area contributed by atoms with E-state index in [4.69, 9.17) is 4.74 Å². The van der Waals surface area contributed by atoms with Gasteiger partial charge in [0.1, 0.15) is 11.9 Å². The van der Waals surface area contributed by atoms with Crippen LogP contribution in [-0.2, 0) is 9.53 Å². The number of cyclic esters (lactones) is 1. The predicted molar refractivity (Wildman–Crippen MR) is 97.5 cm³/mol. The average molecular weight is 343 g/mol. The van der Waals surface area contributed by atoms with E-state index in [2.05, 4.69) is 20.9 Å². The first-order valence-electron chi connectivity index (χ1n) is 9.85. The fourth-order valence-electron chi connectivity index (χ4n) is 4.70. The van der Waals surface area contributed by atoms with Gasteiger partial charge < -0.3 is 9.64 Å². The highest BCUT2D eigenvalue weighted by molar-refractivity contribution is 5.79. The number of hydrogen-bond donors (Lipinski definition) is 0. The summed E-state index contributed by atoms with van der Waals surface area (Å²) >= 11 is 0. The smallest absolute Gasteiger partial charge is 0.312 e. The maximum Gasteiger partial charge on any atom is 0.312 e. The lowest BCUT2D eigenvalue weighted by Crippen LogP contribution is -2.47. The van der Waals surface area contributed by atoms with Crippen LogP contribution in [-0.4, -0.2) is 54.7 Å². The minimum atomic E-state index is -0.124. The van der Waals surface area contributed by atoms with Crippen LogP contribution in [0.25, 0.3) is 0 Å². The first kappa shape index (κ1) is 16.8. The summed E-state index contributed by atoms with van der Waals surface area (Å²) in [5, 5.41) is 0. The largest absolute Gasteiger partial charge is 0.462 e. The van der Waals surface area contributed by atoms with Gasteiger partial charge in [-0.25, -0.2) is 4.98 Å². The van der Waals surface area contributed by atoms with Crippen LogP contribution < -0.4 is 4.90 Å². The third kappa shape index (κ3) is 3.66. The summed E-state index contributed by atoms with van der Waals surface area (Å²) in [4.78, 5) is 21.7. The molecule has 4 rings (SSSR count). The summed E-state index contributed by atoms with van der Waals surface area (Å²) in [7, 11) is 0. The van der Waals surface area contributed by atoms with E-state index in [1.165, 1.54) is 19.3 Å². The number of carbonyl (C=O) groups is 1. The number of esters is 1. The molecule has 2 aliphatic heterocycles. The fraction of sp³-hybridized carbons (Fsp3) is 0.700. The molecule has 3 aliphatic rings. The van der Waals surface area contributed by atoms with Crippen molar-refractivity contribution in [3.8, 4) is 0 Å². The Morgan fingerprint density at radius 1 is 1.12 bits per heavy atom. The second-order valence-corrected chi connectivity index (χ2v) is 7.88. The quantitative estimate of drug-likeness (QED) is 0.787. The second kappa shape index (κ2) is 7.32. The lowest BCUT2D eigenvalue weighted by atomic mass is 9.72. The van der Waals surface area contributed by atoms with Crippen molar-refractivity contribution in [2.24, 2.45) is 5.41 Å². The molecule has 0 amide bonds. The van der Waals surface area contributed by atoms with Crippen molar-refractivity contribution in [1.29, 1.82) is 0 Å². The van der Waals surface area contributed by atoms with E-state index in [0.29, 0.717) is 0 Å². The zero-order valence-electron chi connectivity index (χ0n) is 15.0. The van der Waals surface area contributed by atoms with Crippen molar-refractivity contribution in [3.05, 3.63) is 24.4 Å². The number of pyridine rings is 1. The highest BCUT2D eigenvalue weighted by atomic mass is 16.6. The van der Waals surface area contributed by atoms with Gasteiger partial charge in [-0.1, -0.05) is 25.3 Å². The Hall–Kier alpha value is -1.62. The van der Waals surface area contributed by atoms with Gasteiger partial charge in [-0.15, -0.1) is 0 Å². The molecule has 1 aromatic rings. The Kier molecular flexibility index (Phi) is 4.93. The van der Waals surface area contributed by atoms with Crippen LogP contribution >= 0.6 is 0 Å². The molecule has 0 N–H and O–H groups in total. The molecule has 0 radical (unpaired) electrons. The number of anilines is 1. The Morgan fingerprint density at radius 3 is 2.64 bits per heavy atom. The van der Waals surface area contributed by atoms with Crippen LogP contribution in [0.3, 0.4) is 0 Å². The van der Waals surface area contributed by atoms with Crippen LogP contribution in [0.15, 0.2) is 24.4 Å². The first-order chi connectivity index (χ1) is 12.3. The summed E-state index contributed by atoms with van der Waals surface area (Å²) in [5.74, 6) is 1.17. The highest BCUT2D eigenvalue weighted by Gasteiger charge is 2.48. The maximum atomic E-state index is 12.4. The fourth-order valence-corrected chi connectivity index (χ4v) is 4.70. The number of nitrogens with zero attached hydrogens (tertiary/aromatic N) is 3. The minimum absolute atomic E-state index is 0.0946. The molecule has 136 valence electrons. The number of carbonyl (C=O) groups excluding carboxylic acids is 1. The molecule has 1 aliphatic carbocycles. The molecule has 1 unspecified atom stereocenters. The third-order valence-electron chi connectivity index (χ3n) is 6.25. The maximum absolute atomic E-state index is 12.4. The van der Waals surface area contributed by atoms with Crippen molar-refractivity contribution in [2.75, 3.05) is 37.6 Å². The molecular formula is C20H29N3O2. The van der Waals surface area contributed by atoms with Crippen molar-refractivity contribution in [1.82, 2.24) is 9.88 Å². The van der Waals surface area contributed by atoms with Crippen LogP contribution in [0.1, 0.15) is 44.9 Å². The van der Waals surface area contributed by atoms with Crippen LogP contribution in [0.5, 0.6) is 0 Å². The zero-order valence-corrected chi connectivity index (χ0v) is 15.0. The Balaban J connectivity index is 1.23. The monoisotopic (exact) mass is 343 g/mol. The molecule has 3 heterocycles. The molecule has 5 nitrogen and oxygen atoms in total. The van der Waals surface area contributed by atoms with Crippen LogP contribution in [0.2, 0.25) is 0 Å². The lowest BCUT2D eigenvalue weighted by molar-refractivity contribution is -0.150. The Morgan fingerprint density at radius 2 is 1.92 bits per heavy atom. The molecule has 5 heteroatoms. The Bertz CT molecular complexity index is 578. The third-order valence-corrected chi connectivity index (χ3v) is 6.25. The summed E-state index contributed by atoms with van der Waals surface area (Å²) in [6, 6.07) is 6.09. The summed E-state index contributed by atoms with van der Waals surface area (Å²) < 4.78 is 5.75. The van der Waals surface area contributed by atoms with Crippen molar-refractivity contribution >= 4 is 11.8 Å².